The van der Waals surface area contributed by atoms with Gasteiger partial charge in [-0.15, -0.1) is 0 Å². The molecular weight excluding hydrogens is 294 g/mol. The minimum atomic E-state index is -0.429. The Morgan fingerprint density at radius 3 is 2.65 bits per heavy atom. The van der Waals surface area contributed by atoms with E-state index in [1.165, 1.54) is 6.20 Å². The monoisotopic (exact) mass is 317 g/mol. The van der Waals surface area contributed by atoms with Crippen molar-refractivity contribution in [2.45, 2.75) is 25.8 Å². The first-order chi connectivity index (χ1) is 11.1. The summed E-state index contributed by atoms with van der Waals surface area (Å²) < 4.78 is 5.08. The van der Waals surface area contributed by atoms with Gasteiger partial charge in [0.15, 0.2) is 0 Å². The number of hydrogen-bond donors (Lipinski definition) is 3. The molecule has 0 aliphatic rings. The second-order valence-corrected chi connectivity index (χ2v) is 4.98. The SMILES string of the molecule is CCC(CO)N/C=C(/C#N)C(=O)NCCc1ccc(OC)cc1. The number of benzene rings is 1. The molecule has 124 valence electrons. The summed E-state index contributed by atoms with van der Waals surface area (Å²) in [5.74, 6) is 0.356. The molecular formula is C17H23N3O3. The van der Waals surface area contributed by atoms with Crippen molar-refractivity contribution in [3.8, 4) is 11.8 Å². The summed E-state index contributed by atoms with van der Waals surface area (Å²) in [5.41, 5.74) is 1.06. The van der Waals surface area contributed by atoms with Gasteiger partial charge in [-0.2, -0.15) is 5.26 Å². The number of carbonyl (C=O) groups is 1. The third-order valence-corrected chi connectivity index (χ3v) is 3.40. The number of nitrogens with one attached hydrogen (secondary N) is 2. The molecule has 1 unspecified atom stereocenters. The lowest BCUT2D eigenvalue weighted by Gasteiger charge is -2.12. The molecule has 1 amide bonds. The number of methoxy groups -OCH3 is 1. The molecule has 0 saturated heterocycles. The molecule has 0 saturated carbocycles. The molecule has 6 heteroatoms. The maximum absolute atomic E-state index is 11.9. The summed E-state index contributed by atoms with van der Waals surface area (Å²) in [7, 11) is 1.61. The standard InChI is InChI=1S/C17H23N3O3/c1-3-15(12-21)20-11-14(10-18)17(22)19-9-8-13-4-6-16(23-2)7-5-13/h4-7,11,15,20-21H,3,8-9,12H2,1-2H3,(H,19,22)/b14-11-. The van der Waals surface area contributed by atoms with E-state index in [2.05, 4.69) is 10.6 Å². The van der Waals surface area contributed by atoms with Crippen LogP contribution in [-0.4, -0.2) is 37.3 Å². The number of carbonyl (C=O) groups excluding carboxylic acids is 1. The number of rotatable bonds is 9. The van der Waals surface area contributed by atoms with E-state index in [0.717, 1.165) is 11.3 Å². The predicted molar refractivity (Wildman–Crippen MR) is 87.7 cm³/mol. The summed E-state index contributed by atoms with van der Waals surface area (Å²) in [6.45, 7) is 2.29. The largest absolute Gasteiger partial charge is 0.497 e. The van der Waals surface area contributed by atoms with Crippen LogP contribution in [0.2, 0.25) is 0 Å². The van der Waals surface area contributed by atoms with Crippen molar-refractivity contribution in [1.29, 1.82) is 5.26 Å². The minimum absolute atomic E-state index is 0.00775. The molecule has 23 heavy (non-hydrogen) atoms. The van der Waals surface area contributed by atoms with Gasteiger partial charge in [-0.1, -0.05) is 19.1 Å². The normalized spacial score (nSPS) is 12.2. The highest BCUT2D eigenvalue weighted by Gasteiger charge is 2.09. The number of ether oxygens (including phenoxy) is 1. The number of hydrogen-bond acceptors (Lipinski definition) is 5. The fourth-order valence-corrected chi connectivity index (χ4v) is 1.86. The van der Waals surface area contributed by atoms with Crippen molar-refractivity contribution in [2.24, 2.45) is 0 Å². The van der Waals surface area contributed by atoms with Gasteiger partial charge in [0.05, 0.1) is 13.7 Å². The molecule has 1 rings (SSSR count). The lowest BCUT2D eigenvalue weighted by Crippen LogP contribution is -2.31. The van der Waals surface area contributed by atoms with Gasteiger partial charge in [0, 0.05) is 18.8 Å². The Labute approximate surface area is 136 Å². The van der Waals surface area contributed by atoms with Crippen LogP contribution in [0.4, 0.5) is 0 Å². The fraction of sp³-hybridized carbons (Fsp3) is 0.412. The topological polar surface area (TPSA) is 94.4 Å². The number of nitriles is 1. The third kappa shape index (κ3) is 6.41. The van der Waals surface area contributed by atoms with Crippen molar-refractivity contribution in [2.75, 3.05) is 20.3 Å². The van der Waals surface area contributed by atoms with E-state index < -0.39 is 5.91 Å². The molecule has 0 aromatic heterocycles. The van der Waals surface area contributed by atoms with E-state index in [1.54, 1.807) is 7.11 Å². The molecule has 0 aliphatic carbocycles. The van der Waals surface area contributed by atoms with Crippen LogP contribution in [0, 0.1) is 11.3 Å². The van der Waals surface area contributed by atoms with Gasteiger partial charge >= 0.3 is 0 Å². The summed E-state index contributed by atoms with van der Waals surface area (Å²) in [6, 6.07) is 9.28. The molecule has 0 radical (unpaired) electrons. The maximum Gasteiger partial charge on any atom is 0.263 e. The summed E-state index contributed by atoms with van der Waals surface area (Å²) in [4.78, 5) is 11.9. The Morgan fingerprint density at radius 2 is 2.13 bits per heavy atom. The molecule has 0 heterocycles. The molecule has 1 atom stereocenters. The van der Waals surface area contributed by atoms with E-state index in [-0.39, 0.29) is 18.2 Å². The van der Waals surface area contributed by atoms with Crippen LogP contribution in [0.15, 0.2) is 36.0 Å². The number of aliphatic hydroxyl groups excluding tert-OH is 1. The van der Waals surface area contributed by atoms with Crippen LogP contribution in [-0.2, 0) is 11.2 Å². The minimum Gasteiger partial charge on any atom is -0.497 e. The van der Waals surface area contributed by atoms with Crippen LogP contribution in [0.5, 0.6) is 5.75 Å². The van der Waals surface area contributed by atoms with Crippen LogP contribution < -0.4 is 15.4 Å². The van der Waals surface area contributed by atoms with Crippen LogP contribution in [0.3, 0.4) is 0 Å². The van der Waals surface area contributed by atoms with E-state index in [4.69, 9.17) is 15.1 Å². The third-order valence-electron chi connectivity index (χ3n) is 3.40. The van der Waals surface area contributed by atoms with Crippen LogP contribution >= 0.6 is 0 Å². The lowest BCUT2D eigenvalue weighted by atomic mass is 10.1. The van der Waals surface area contributed by atoms with Gasteiger partial charge in [0.2, 0.25) is 0 Å². The Kier molecular flexibility index (Phi) is 8.25. The molecule has 0 spiro atoms. The zero-order valence-electron chi connectivity index (χ0n) is 13.5. The molecule has 6 nitrogen and oxygen atoms in total. The molecule has 0 aliphatic heterocycles. The number of nitrogens with zero attached hydrogens (tertiary/aromatic N) is 1. The van der Waals surface area contributed by atoms with E-state index in [9.17, 15) is 4.79 Å². The van der Waals surface area contributed by atoms with Gasteiger partial charge in [-0.05, 0) is 30.5 Å². The highest BCUT2D eigenvalue weighted by Crippen LogP contribution is 2.11. The van der Waals surface area contributed by atoms with Crippen molar-refractivity contribution in [1.82, 2.24) is 10.6 Å². The number of amides is 1. The Morgan fingerprint density at radius 1 is 1.43 bits per heavy atom. The Hall–Kier alpha value is -2.52. The molecule has 0 fully saturated rings. The molecule has 1 aromatic rings. The molecule has 1 aromatic carbocycles. The average Bonchev–Trinajstić information content (AvgIpc) is 2.59. The highest BCUT2D eigenvalue weighted by molar-refractivity contribution is 5.97. The zero-order chi connectivity index (χ0) is 17.1. The summed E-state index contributed by atoms with van der Waals surface area (Å²) in [6.07, 6.45) is 2.72. The smallest absolute Gasteiger partial charge is 0.263 e. The highest BCUT2D eigenvalue weighted by atomic mass is 16.5. The lowest BCUT2D eigenvalue weighted by molar-refractivity contribution is -0.117. The second-order valence-electron chi connectivity index (χ2n) is 4.98. The van der Waals surface area contributed by atoms with Gasteiger partial charge in [0.1, 0.15) is 17.4 Å². The summed E-state index contributed by atoms with van der Waals surface area (Å²) in [5, 5.41) is 23.7. The average molecular weight is 317 g/mol. The van der Waals surface area contributed by atoms with Crippen molar-refractivity contribution >= 4 is 5.91 Å². The van der Waals surface area contributed by atoms with Crippen molar-refractivity contribution in [3.05, 3.63) is 41.6 Å². The first kappa shape index (κ1) is 18.5. The maximum atomic E-state index is 11.9. The van der Waals surface area contributed by atoms with E-state index in [0.29, 0.717) is 19.4 Å². The van der Waals surface area contributed by atoms with Gasteiger partial charge in [0.25, 0.3) is 5.91 Å². The predicted octanol–water partition coefficient (Wildman–Crippen LogP) is 1.12. The van der Waals surface area contributed by atoms with Crippen molar-refractivity contribution < 1.29 is 14.6 Å². The Bertz CT molecular complexity index is 557. The van der Waals surface area contributed by atoms with Crippen molar-refractivity contribution in [3.63, 3.8) is 0 Å². The first-order valence-corrected chi connectivity index (χ1v) is 7.52. The summed E-state index contributed by atoms with van der Waals surface area (Å²) >= 11 is 0. The molecule has 3 N–H and O–H groups in total. The zero-order valence-corrected chi connectivity index (χ0v) is 13.5. The fourth-order valence-electron chi connectivity index (χ4n) is 1.86. The van der Waals surface area contributed by atoms with Gasteiger partial charge in [-0.3, -0.25) is 4.79 Å². The van der Waals surface area contributed by atoms with E-state index >= 15 is 0 Å². The van der Waals surface area contributed by atoms with E-state index in [1.807, 2.05) is 37.3 Å². The quantitative estimate of drug-likeness (QED) is 0.469. The van der Waals surface area contributed by atoms with Crippen LogP contribution in [0.25, 0.3) is 0 Å². The Balaban J connectivity index is 2.47. The first-order valence-electron chi connectivity index (χ1n) is 7.52. The van der Waals surface area contributed by atoms with Crippen LogP contribution in [0.1, 0.15) is 18.9 Å². The number of aliphatic hydroxyl groups is 1. The molecule has 0 bridgehead atoms. The second kappa shape index (κ2) is 10.2. The van der Waals surface area contributed by atoms with Gasteiger partial charge < -0.3 is 20.5 Å². The van der Waals surface area contributed by atoms with Gasteiger partial charge in [-0.25, -0.2) is 0 Å².